The maximum atomic E-state index is 12.9. The molecule has 0 N–H and O–H groups in total. The van der Waals surface area contributed by atoms with E-state index >= 15 is 0 Å². The number of amides is 1. The van der Waals surface area contributed by atoms with Crippen molar-refractivity contribution in [1.29, 1.82) is 0 Å². The van der Waals surface area contributed by atoms with Crippen LogP contribution in [0.15, 0.2) is 65.7 Å². The fourth-order valence-corrected chi connectivity index (χ4v) is 5.01. The lowest BCUT2D eigenvalue weighted by Gasteiger charge is -2.34. The number of benzene rings is 2. The van der Waals surface area contributed by atoms with Gasteiger partial charge in [0, 0.05) is 55.8 Å². The van der Waals surface area contributed by atoms with Crippen molar-refractivity contribution in [1.82, 2.24) is 19.0 Å². The molecule has 0 radical (unpaired) electrons. The van der Waals surface area contributed by atoms with Crippen molar-refractivity contribution >= 4 is 21.6 Å². The van der Waals surface area contributed by atoms with Crippen LogP contribution < -0.4 is 0 Å². The van der Waals surface area contributed by atoms with Gasteiger partial charge in [0.25, 0.3) is 11.6 Å². The maximum absolute atomic E-state index is 12.9. The molecule has 11 heteroatoms. The highest BCUT2D eigenvalue weighted by Gasteiger charge is 2.30. The van der Waals surface area contributed by atoms with Crippen LogP contribution in [-0.4, -0.2) is 64.4 Å². The summed E-state index contributed by atoms with van der Waals surface area (Å²) in [5.41, 5.74) is 2.18. The molecular formula is C21H21N5O5S. The summed E-state index contributed by atoms with van der Waals surface area (Å²) in [4.78, 5) is 24.7. The van der Waals surface area contributed by atoms with Gasteiger partial charge in [0.1, 0.15) is 0 Å². The minimum atomic E-state index is -3.79. The topological polar surface area (TPSA) is 119 Å². The predicted molar refractivity (Wildman–Crippen MR) is 116 cm³/mol. The molecule has 0 aliphatic carbocycles. The lowest BCUT2D eigenvalue weighted by Crippen LogP contribution is -2.50. The van der Waals surface area contributed by atoms with E-state index in [0.29, 0.717) is 5.56 Å². The zero-order valence-corrected chi connectivity index (χ0v) is 18.1. The number of carbonyl (C=O) groups is 1. The standard InChI is InChI=1S/C21H21N5O5S/c1-16-10-11-22-25(16)18-4-2-17(3-5-18)21(27)23-12-14-24(15-13-23)32(30,31)20-8-6-19(7-9-20)26(28)29/h2-11H,12-15H2,1H3. The molecule has 0 atom stereocenters. The van der Waals surface area contributed by atoms with Gasteiger partial charge in [0.2, 0.25) is 10.0 Å². The Bertz CT molecular complexity index is 1240. The fraction of sp³-hybridized carbons (Fsp3) is 0.238. The van der Waals surface area contributed by atoms with E-state index in [1.165, 1.54) is 28.6 Å². The highest BCUT2D eigenvalue weighted by Crippen LogP contribution is 2.21. The number of nitro groups is 1. The van der Waals surface area contributed by atoms with Crippen LogP contribution in [0.5, 0.6) is 0 Å². The first-order valence-corrected chi connectivity index (χ1v) is 11.4. The van der Waals surface area contributed by atoms with Crippen molar-refractivity contribution in [2.45, 2.75) is 11.8 Å². The third-order valence-electron chi connectivity index (χ3n) is 5.40. The molecule has 0 unspecified atom stereocenters. The van der Waals surface area contributed by atoms with Crippen LogP contribution >= 0.6 is 0 Å². The molecule has 4 rings (SSSR count). The van der Waals surface area contributed by atoms with E-state index in [0.717, 1.165) is 11.4 Å². The molecule has 32 heavy (non-hydrogen) atoms. The maximum Gasteiger partial charge on any atom is 0.269 e. The van der Waals surface area contributed by atoms with Crippen molar-refractivity contribution in [2.75, 3.05) is 26.2 Å². The Morgan fingerprint density at radius 3 is 2.12 bits per heavy atom. The summed E-state index contributed by atoms with van der Waals surface area (Å²) >= 11 is 0. The summed E-state index contributed by atoms with van der Waals surface area (Å²) in [6, 6.07) is 13.8. The molecule has 2 heterocycles. The lowest BCUT2D eigenvalue weighted by molar-refractivity contribution is -0.384. The van der Waals surface area contributed by atoms with Gasteiger partial charge in [0.05, 0.1) is 15.5 Å². The average Bonchev–Trinajstić information content (AvgIpc) is 3.24. The van der Waals surface area contributed by atoms with E-state index in [-0.39, 0.29) is 42.7 Å². The number of aryl methyl sites for hydroxylation is 1. The van der Waals surface area contributed by atoms with Gasteiger partial charge in [-0.05, 0) is 49.4 Å². The largest absolute Gasteiger partial charge is 0.336 e. The number of sulfonamides is 1. The van der Waals surface area contributed by atoms with Crippen LogP contribution in [0.3, 0.4) is 0 Å². The molecular weight excluding hydrogens is 434 g/mol. The van der Waals surface area contributed by atoms with Crippen LogP contribution in [0.1, 0.15) is 16.1 Å². The number of hydrogen-bond acceptors (Lipinski definition) is 6. The van der Waals surface area contributed by atoms with E-state index in [9.17, 15) is 23.3 Å². The second-order valence-electron chi connectivity index (χ2n) is 7.38. The molecule has 166 valence electrons. The Labute approximate surface area is 184 Å². The van der Waals surface area contributed by atoms with Crippen molar-refractivity contribution in [3.05, 3.63) is 82.2 Å². The summed E-state index contributed by atoms with van der Waals surface area (Å²) in [5.74, 6) is -0.166. The van der Waals surface area contributed by atoms with E-state index < -0.39 is 14.9 Å². The van der Waals surface area contributed by atoms with E-state index in [1.54, 1.807) is 27.9 Å². The second kappa shape index (κ2) is 8.52. The van der Waals surface area contributed by atoms with Crippen molar-refractivity contribution in [2.24, 2.45) is 0 Å². The molecule has 1 fully saturated rings. The molecule has 1 aliphatic rings. The second-order valence-corrected chi connectivity index (χ2v) is 9.32. The van der Waals surface area contributed by atoms with Crippen LogP contribution in [0, 0.1) is 17.0 Å². The Morgan fingerprint density at radius 1 is 0.969 bits per heavy atom. The molecule has 1 saturated heterocycles. The third-order valence-corrected chi connectivity index (χ3v) is 7.31. The first kappa shape index (κ1) is 21.7. The van der Waals surface area contributed by atoms with Gasteiger partial charge >= 0.3 is 0 Å². The minimum absolute atomic E-state index is 0.00706. The van der Waals surface area contributed by atoms with Gasteiger partial charge in [-0.2, -0.15) is 9.40 Å². The van der Waals surface area contributed by atoms with Crippen LogP contribution in [0.2, 0.25) is 0 Å². The monoisotopic (exact) mass is 455 g/mol. The van der Waals surface area contributed by atoms with Crippen molar-refractivity contribution in [3.8, 4) is 5.69 Å². The van der Waals surface area contributed by atoms with Gasteiger partial charge in [-0.15, -0.1) is 0 Å². The number of hydrogen-bond donors (Lipinski definition) is 0. The van der Waals surface area contributed by atoms with E-state index in [4.69, 9.17) is 0 Å². The van der Waals surface area contributed by atoms with Crippen molar-refractivity contribution < 1.29 is 18.1 Å². The third kappa shape index (κ3) is 4.12. The summed E-state index contributed by atoms with van der Waals surface area (Å²) in [7, 11) is -3.79. The van der Waals surface area contributed by atoms with Gasteiger partial charge in [-0.1, -0.05) is 0 Å². The van der Waals surface area contributed by atoms with Crippen LogP contribution in [0.4, 0.5) is 5.69 Å². The number of non-ortho nitro benzene ring substituents is 1. The number of nitro benzene ring substituents is 1. The summed E-state index contributed by atoms with van der Waals surface area (Å²) in [6.07, 6.45) is 1.71. The van der Waals surface area contributed by atoms with Gasteiger partial charge in [-0.25, -0.2) is 13.1 Å². The minimum Gasteiger partial charge on any atom is -0.336 e. The molecule has 0 spiro atoms. The Morgan fingerprint density at radius 2 is 1.59 bits per heavy atom. The Balaban J connectivity index is 1.41. The van der Waals surface area contributed by atoms with Crippen LogP contribution in [0.25, 0.3) is 5.69 Å². The highest BCUT2D eigenvalue weighted by molar-refractivity contribution is 7.89. The number of nitrogens with zero attached hydrogens (tertiary/aromatic N) is 5. The van der Waals surface area contributed by atoms with Gasteiger partial charge < -0.3 is 4.90 Å². The van der Waals surface area contributed by atoms with Gasteiger partial charge in [-0.3, -0.25) is 14.9 Å². The number of rotatable bonds is 5. The predicted octanol–water partition coefficient (Wildman–Crippen LogP) is 2.24. The smallest absolute Gasteiger partial charge is 0.269 e. The normalized spacial score (nSPS) is 15.0. The van der Waals surface area contributed by atoms with Gasteiger partial charge in [0.15, 0.2) is 0 Å². The number of piperazine rings is 1. The quantitative estimate of drug-likeness (QED) is 0.430. The molecule has 0 bridgehead atoms. The Hall–Kier alpha value is -3.57. The SMILES string of the molecule is Cc1ccnn1-c1ccc(C(=O)N2CCN(S(=O)(=O)c3ccc([N+](=O)[O-])cc3)CC2)cc1. The van der Waals surface area contributed by atoms with E-state index in [2.05, 4.69) is 5.10 Å². The fourth-order valence-electron chi connectivity index (χ4n) is 3.59. The molecule has 1 amide bonds. The van der Waals surface area contributed by atoms with E-state index in [1.807, 2.05) is 25.1 Å². The summed E-state index contributed by atoms with van der Waals surface area (Å²) < 4.78 is 28.7. The Kier molecular flexibility index (Phi) is 5.76. The van der Waals surface area contributed by atoms with Crippen molar-refractivity contribution in [3.63, 3.8) is 0 Å². The molecule has 10 nitrogen and oxygen atoms in total. The molecule has 0 saturated carbocycles. The highest BCUT2D eigenvalue weighted by atomic mass is 32.2. The average molecular weight is 455 g/mol. The number of carbonyl (C=O) groups excluding carboxylic acids is 1. The molecule has 2 aromatic carbocycles. The molecule has 1 aliphatic heterocycles. The first-order chi connectivity index (χ1) is 15.3. The molecule has 3 aromatic rings. The number of aromatic nitrogens is 2. The first-order valence-electron chi connectivity index (χ1n) is 9.92. The summed E-state index contributed by atoms with van der Waals surface area (Å²) in [6.45, 7) is 2.75. The van der Waals surface area contributed by atoms with Crippen LogP contribution in [-0.2, 0) is 10.0 Å². The molecule has 1 aromatic heterocycles. The zero-order valence-electron chi connectivity index (χ0n) is 17.3. The summed E-state index contributed by atoms with van der Waals surface area (Å²) in [5, 5.41) is 15.0. The zero-order chi connectivity index (χ0) is 22.9. The lowest BCUT2D eigenvalue weighted by atomic mass is 10.1.